The van der Waals surface area contributed by atoms with Gasteiger partial charge in [-0.3, -0.25) is 4.90 Å². The molecule has 2 amide bonds. The van der Waals surface area contributed by atoms with Crippen LogP contribution in [0.3, 0.4) is 0 Å². The van der Waals surface area contributed by atoms with Gasteiger partial charge in [-0.1, -0.05) is 6.92 Å². The molecule has 0 saturated carbocycles. The lowest BCUT2D eigenvalue weighted by Gasteiger charge is -2.24. The van der Waals surface area contributed by atoms with Gasteiger partial charge in [0.25, 0.3) is 0 Å². The van der Waals surface area contributed by atoms with Crippen LogP contribution in [0.5, 0.6) is 0 Å². The van der Waals surface area contributed by atoms with Crippen LogP contribution in [-0.4, -0.2) is 48.3 Å². The highest BCUT2D eigenvalue weighted by atomic mass is 16.4. The predicted octanol–water partition coefficient (Wildman–Crippen LogP) is 1.58. The van der Waals surface area contributed by atoms with Crippen LogP contribution >= 0.6 is 0 Å². The Hall–Kier alpha value is -1.53. The van der Waals surface area contributed by atoms with Crippen LogP contribution in [0.4, 0.5) is 4.79 Å². The molecular weight excluding hydrogens is 282 g/mol. The van der Waals surface area contributed by atoms with Crippen molar-refractivity contribution in [1.82, 2.24) is 15.5 Å². The number of urea groups is 1. The lowest BCUT2D eigenvalue weighted by molar-refractivity contribution is 0.0359. The fourth-order valence-electron chi connectivity index (χ4n) is 2.88. The molecule has 0 aromatic carbocycles. The second-order valence-corrected chi connectivity index (χ2v) is 6.17. The van der Waals surface area contributed by atoms with Gasteiger partial charge in [0.05, 0.1) is 6.54 Å². The van der Waals surface area contributed by atoms with Crippen LogP contribution in [0.25, 0.3) is 0 Å². The van der Waals surface area contributed by atoms with Gasteiger partial charge in [0.2, 0.25) is 0 Å². The zero-order valence-corrected chi connectivity index (χ0v) is 13.7. The summed E-state index contributed by atoms with van der Waals surface area (Å²) in [6, 6.07) is 3.69. The van der Waals surface area contributed by atoms with Gasteiger partial charge in [0, 0.05) is 12.6 Å². The van der Waals surface area contributed by atoms with E-state index in [2.05, 4.69) is 22.5 Å². The minimum absolute atomic E-state index is 0.105. The number of hydrogen-bond donors (Lipinski definition) is 3. The van der Waals surface area contributed by atoms with E-state index in [9.17, 15) is 9.90 Å². The quantitative estimate of drug-likeness (QED) is 0.745. The number of rotatable bonds is 6. The molecule has 3 N–H and O–H groups in total. The van der Waals surface area contributed by atoms with Crippen LogP contribution in [0.1, 0.15) is 38.2 Å². The SMILES string of the molecule is CCN1CCCC1CNC(=O)NCC(C)(O)c1ccc(C)o1. The fraction of sp³-hybridized carbons (Fsp3) is 0.688. The number of nitrogens with zero attached hydrogens (tertiary/aromatic N) is 1. The predicted molar refractivity (Wildman–Crippen MR) is 84.7 cm³/mol. The van der Waals surface area contributed by atoms with Gasteiger partial charge in [-0.15, -0.1) is 0 Å². The summed E-state index contributed by atoms with van der Waals surface area (Å²) in [5.41, 5.74) is -1.21. The Balaban J connectivity index is 1.75. The van der Waals surface area contributed by atoms with Gasteiger partial charge < -0.3 is 20.2 Å². The van der Waals surface area contributed by atoms with Crippen LogP contribution in [0.15, 0.2) is 16.5 Å². The minimum Gasteiger partial charge on any atom is -0.463 e. The molecule has 2 rings (SSSR count). The number of aryl methyl sites for hydroxylation is 1. The molecule has 1 aromatic rings. The largest absolute Gasteiger partial charge is 0.463 e. The van der Waals surface area contributed by atoms with Crippen molar-refractivity contribution < 1.29 is 14.3 Å². The number of carbonyl (C=O) groups is 1. The van der Waals surface area contributed by atoms with E-state index in [1.165, 1.54) is 6.42 Å². The van der Waals surface area contributed by atoms with Crippen LogP contribution in [-0.2, 0) is 5.60 Å². The molecule has 6 nitrogen and oxygen atoms in total. The maximum atomic E-state index is 11.9. The zero-order valence-electron chi connectivity index (χ0n) is 13.7. The molecular formula is C16H27N3O3. The first-order valence-electron chi connectivity index (χ1n) is 7.97. The Labute approximate surface area is 131 Å². The Morgan fingerprint density at radius 2 is 2.27 bits per heavy atom. The second-order valence-electron chi connectivity index (χ2n) is 6.17. The molecule has 0 spiro atoms. The summed E-state index contributed by atoms with van der Waals surface area (Å²) >= 11 is 0. The molecule has 1 aliphatic heterocycles. The maximum Gasteiger partial charge on any atom is 0.314 e. The molecule has 0 aliphatic carbocycles. The number of likely N-dealkylation sites (N-methyl/N-ethyl adjacent to an activating group) is 1. The Morgan fingerprint density at radius 1 is 1.50 bits per heavy atom. The van der Waals surface area contributed by atoms with Crippen LogP contribution in [0, 0.1) is 6.92 Å². The zero-order chi connectivity index (χ0) is 16.2. The number of hydrogen-bond acceptors (Lipinski definition) is 4. The molecule has 1 aromatic heterocycles. The first-order valence-corrected chi connectivity index (χ1v) is 7.97. The van der Waals surface area contributed by atoms with Gasteiger partial charge in [0.1, 0.15) is 17.1 Å². The molecule has 124 valence electrons. The third-order valence-electron chi connectivity index (χ3n) is 4.27. The molecule has 0 bridgehead atoms. The molecule has 2 atom stereocenters. The Bertz CT molecular complexity index is 499. The molecule has 22 heavy (non-hydrogen) atoms. The van der Waals surface area contributed by atoms with E-state index in [0.29, 0.717) is 18.3 Å². The highest BCUT2D eigenvalue weighted by Crippen LogP contribution is 2.21. The van der Waals surface area contributed by atoms with E-state index in [1.54, 1.807) is 19.1 Å². The van der Waals surface area contributed by atoms with Gasteiger partial charge in [-0.05, 0) is 51.9 Å². The topological polar surface area (TPSA) is 77.7 Å². The van der Waals surface area contributed by atoms with Crippen molar-refractivity contribution in [1.29, 1.82) is 0 Å². The smallest absolute Gasteiger partial charge is 0.314 e. The fourth-order valence-corrected chi connectivity index (χ4v) is 2.88. The summed E-state index contributed by atoms with van der Waals surface area (Å²) < 4.78 is 5.42. The summed E-state index contributed by atoms with van der Waals surface area (Å²) in [7, 11) is 0. The molecule has 1 aliphatic rings. The molecule has 6 heteroatoms. The lowest BCUT2D eigenvalue weighted by Crippen LogP contribution is -2.47. The summed E-state index contributed by atoms with van der Waals surface area (Å²) in [5, 5.41) is 16.0. The van der Waals surface area contributed by atoms with Gasteiger partial charge >= 0.3 is 6.03 Å². The minimum atomic E-state index is -1.21. The van der Waals surface area contributed by atoms with Crippen molar-refractivity contribution in [3.63, 3.8) is 0 Å². The summed E-state index contributed by atoms with van der Waals surface area (Å²) in [6.07, 6.45) is 2.31. The second kappa shape index (κ2) is 7.15. The van der Waals surface area contributed by atoms with E-state index >= 15 is 0 Å². The molecule has 1 saturated heterocycles. The van der Waals surface area contributed by atoms with Crippen molar-refractivity contribution in [3.8, 4) is 0 Å². The van der Waals surface area contributed by atoms with E-state index < -0.39 is 5.60 Å². The first-order chi connectivity index (χ1) is 10.4. The lowest BCUT2D eigenvalue weighted by atomic mass is 10.0. The van der Waals surface area contributed by atoms with Gasteiger partial charge in [-0.2, -0.15) is 0 Å². The monoisotopic (exact) mass is 309 g/mol. The average Bonchev–Trinajstić information content (AvgIpc) is 3.11. The summed E-state index contributed by atoms with van der Waals surface area (Å²) in [6.45, 7) is 8.45. The van der Waals surface area contributed by atoms with Crippen molar-refractivity contribution in [2.75, 3.05) is 26.2 Å². The molecule has 1 fully saturated rings. The van der Waals surface area contributed by atoms with Crippen LogP contribution < -0.4 is 10.6 Å². The Morgan fingerprint density at radius 3 is 2.91 bits per heavy atom. The van der Waals surface area contributed by atoms with E-state index in [4.69, 9.17) is 4.42 Å². The number of nitrogens with one attached hydrogen (secondary N) is 2. The highest BCUT2D eigenvalue weighted by molar-refractivity contribution is 5.73. The van der Waals surface area contributed by atoms with Crippen molar-refractivity contribution >= 4 is 6.03 Å². The third-order valence-corrected chi connectivity index (χ3v) is 4.27. The van der Waals surface area contributed by atoms with E-state index in [-0.39, 0.29) is 12.6 Å². The molecule has 2 unspecified atom stereocenters. The summed E-state index contributed by atoms with van der Waals surface area (Å²) in [4.78, 5) is 14.3. The van der Waals surface area contributed by atoms with Crippen molar-refractivity contribution in [3.05, 3.63) is 23.7 Å². The maximum absolute atomic E-state index is 11.9. The number of furan rings is 1. The highest BCUT2D eigenvalue weighted by Gasteiger charge is 2.28. The number of amides is 2. The first kappa shape index (κ1) is 16.8. The van der Waals surface area contributed by atoms with E-state index in [1.807, 2.05) is 6.92 Å². The number of carbonyl (C=O) groups excluding carboxylic acids is 1. The molecule has 2 heterocycles. The summed E-state index contributed by atoms with van der Waals surface area (Å²) in [5.74, 6) is 1.19. The third kappa shape index (κ3) is 4.24. The number of likely N-dealkylation sites (tertiary alicyclic amines) is 1. The molecule has 0 radical (unpaired) electrons. The number of aliphatic hydroxyl groups is 1. The van der Waals surface area contributed by atoms with E-state index in [0.717, 1.165) is 25.3 Å². The van der Waals surface area contributed by atoms with Gasteiger partial charge in [-0.25, -0.2) is 4.79 Å². The van der Waals surface area contributed by atoms with Gasteiger partial charge in [0.15, 0.2) is 0 Å². The van der Waals surface area contributed by atoms with Crippen molar-refractivity contribution in [2.24, 2.45) is 0 Å². The van der Waals surface area contributed by atoms with Crippen molar-refractivity contribution in [2.45, 2.75) is 45.3 Å². The Kier molecular flexibility index (Phi) is 5.47. The average molecular weight is 309 g/mol. The normalized spacial score (nSPS) is 21.5. The van der Waals surface area contributed by atoms with Crippen LogP contribution in [0.2, 0.25) is 0 Å². The standard InChI is InChI=1S/C16H27N3O3/c1-4-19-9-5-6-13(19)10-17-15(20)18-11-16(3,21)14-8-7-12(2)22-14/h7-8,13,21H,4-6,9-11H2,1-3H3,(H2,17,18,20).